The number of rotatable bonds is 5. The normalized spacial score (nSPS) is 13.7. The third-order valence-electron chi connectivity index (χ3n) is 2.23. The Bertz CT molecular complexity index is 408. The van der Waals surface area contributed by atoms with Crippen molar-refractivity contribution in [2.45, 2.75) is 19.1 Å². The lowest BCUT2D eigenvalue weighted by atomic mass is 10.2. The van der Waals surface area contributed by atoms with Gasteiger partial charge in [-0.2, -0.15) is 0 Å². The summed E-state index contributed by atoms with van der Waals surface area (Å²) >= 11 is 0.760. The van der Waals surface area contributed by atoms with E-state index in [9.17, 15) is 14.7 Å². The summed E-state index contributed by atoms with van der Waals surface area (Å²) < 4.78 is 7.14. The molecule has 0 saturated heterocycles. The molecule has 5 nitrogen and oxygen atoms in total. The molecule has 0 unspecified atom stereocenters. The molecule has 1 aromatic rings. The first-order chi connectivity index (χ1) is 8.56. The number of hydrogen-bond donors (Lipinski definition) is 2. The molecule has 0 aromatic heterocycles. The van der Waals surface area contributed by atoms with Crippen LogP contribution in [0.15, 0.2) is 30.3 Å². The van der Waals surface area contributed by atoms with Crippen molar-refractivity contribution in [1.29, 1.82) is 0 Å². The Hall–Kier alpha value is -1.37. The van der Waals surface area contributed by atoms with Crippen molar-refractivity contribution in [3.63, 3.8) is 0 Å². The number of nitrogens with one attached hydrogen (secondary N) is 1. The maximum absolute atomic E-state index is 11.7. The Morgan fingerprint density at radius 1 is 1.33 bits per heavy atom. The van der Waals surface area contributed by atoms with Crippen LogP contribution in [-0.2, 0) is 9.53 Å². The van der Waals surface area contributed by atoms with Gasteiger partial charge >= 0.3 is 5.97 Å². The Morgan fingerprint density at radius 3 is 2.44 bits per heavy atom. The number of benzene rings is 1. The second-order valence-corrected chi connectivity index (χ2v) is 4.43. The highest BCUT2D eigenvalue weighted by Gasteiger charge is 2.25. The van der Waals surface area contributed by atoms with Crippen LogP contribution in [0.5, 0.6) is 0 Å². The van der Waals surface area contributed by atoms with Crippen molar-refractivity contribution in [3.05, 3.63) is 35.9 Å². The Labute approximate surface area is 110 Å². The first-order valence-electron chi connectivity index (χ1n) is 5.34. The van der Waals surface area contributed by atoms with Crippen molar-refractivity contribution >= 4 is 23.0 Å². The third-order valence-corrected chi connectivity index (χ3v) is 3.02. The van der Waals surface area contributed by atoms with Crippen LogP contribution in [0.3, 0.4) is 0 Å². The van der Waals surface area contributed by atoms with Gasteiger partial charge < -0.3 is 9.84 Å². The second-order valence-electron chi connectivity index (χ2n) is 3.61. The molecule has 0 bridgehead atoms. The van der Waals surface area contributed by atoms with Gasteiger partial charge in [0, 0.05) is 17.5 Å². The molecule has 0 aliphatic heterocycles. The zero-order valence-corrected chi connectivity index (χ0v) is 10.9. The molecule has 18 heavy (non-hydrogen) atoms. The van der Waals surface area contributed by atoms with Gasteiger partial charge in [0.15, 0.2) is 0 Å². The van der Waals surface area contributed by atoms with Crippen LogP contribution in [0.25, 0.3) is 0 Å². The molecule has 6 heteroatoms. The number of carbonyl (C=O) groups excluding carboxylic acids is 2. The van der Waals surface area contributed by atoms with Gasteiger partial charge in [-0.1, -0.05) is 30.3 Å². The van der Waals surface area contributed by atoms with Crippen LogP contribution >= 0.6 is 11.9 Å². The minimum Gasteiger partial charge on any atom is -0.468 e. The molecule has 0 radical (unpaired) electrons. The van der Waals surface area contributed by atoms with Crippen molar-refractivity contribution in [1.82, 2.24) is 4.72 Å². The topological polar surface area (TPSA) is 75.6 Å². The molecule has 0 saturated carbocycles. The summed E-state index contributed by atoms with van der Waals surface area (Å²) in [6.45, 7) is 1.45. The number of carbonyl (C=O) groups is 2. The Kier molecular flexibility index (Phi) is 5.84. The largest absolute Gasteiger partial charge is 0.468 e. The maximum atomic E-state index is 11.7. The summed E-state index contributed by atoms with van der Waals surface area (Å²) in [5, 5.41) is 9.18. The molecule has 1 aromatic carbocycles. The van der Waals surface area contributed by atoms with E-state index in [1.54, 1.807) is 24.3 Å². The van der Waals surface area contributed by atoms with E-state index in [1.165, 1.54) is 14.0 Å². The molecular formula is C12H15NO4S. The minimum atomic E-state index is -0.950. The van der Waals surface area contributed by atoms with E-state index in [2.05, 4.69) is 9.46 Å². The average Bonchev–Trinajstić information content (AvgIpc) is 2.39. The first kappa shape index (κ1) is 14.7. The van der Waals surface area contributed by atoms with Gasteiger partial charge in [0.2, 0.25) is 5.12 Å². The molecule has 0 amide bonds. The molecule has 1 rings (SSSR count). The highest BCUT2D eigenvalue weighted by molar-refractivity contribution is 8.12. The van der Waals surface area contributed by atoms with Crippen LogP contribution in [-0.4, -0.2) is 35.4 Å². The highest BCUT2D eigenvalue weighted by atomic mass is 32.2. The Morgan fingerprint density at radius 2 is 1.94 bits per heavy atom. The second kappa shape index (κ2) is 7.15. The van der Waals surface area contributed by atoms with Gasteiger partial charge in [-0.05, 0) is 6.92 Å². The molecule has 0 heterocycles. The third kappa shape index (κ3) is 4.14. The fourth-order valence-corrected chi connectivity index (χ4v) is 2.00. The van der Waals surface area contributed by atoms with Crippen LogP contribution in [0.1, 0.15) is 17.3 Å². The molecule has 0 fully saturated rings. The molecule has 0 aliphatic carbocycles. The zero-order chi connectivity index (χ0) is 13.5. The Balaban J connectivity index is 2.58. The molecule has 0 spiro atoms. The lowest BCUT2D eigenvalue weighted by Gasteiger charge is -2.17. The van der Waals surface area contributed by atoms with Crippen LogP contribution in [0, 0.1) is 0 Å². The number of ether oxygens (including phenoxy) is 1. The maximum Gasteiger partial charge on any atom is 0.326 e. The summed E-state index contributed by atoms with van der Waals surface area (Å²) in [4.78, 5) is 23.1. The van der Waals surface area contributed by atoms with E-state index >= 15 is 0 Å². The van der Waals surface area contributed by atoms with Gasteiger partial charge in [0.25, 0.3) is 0 Å². The van der Waals surface area contributed by atoms with Crippen molar-refractivity contribution in [2.24, 2.45) is 0 Å². The van der Waals surface area contributed by atoms with E-state index in [4.69, 9.17) is 0 Å². The average molecular weight is 269 g/mol. The molecular weight excluding hydrogens is 254 g/mol. The van der Waals surface area contributed by atoms with E-state index in [0.29, 0.717) is 5.56 Å². The monoisotopic (exact) mass is 269 g/mol. The number of aliphatic hydroxyl groups excluding tert-OH is 1. The predicted molar refractivity (Wildman–Crippen MR) is 69.0 cm³/mol. The first-order valence-corrected chi connectivity index (χ1v) is 6.15. The number of hydrogen-bond acceptors (Lipinski definition) is 6. The van der Waals surface area contributed by atoms with E-state index < -0.39 is 18.1 Å². The summed E-state index contributed by atoms with van der Waals surface area (Å²) in [6.07, 6.45) is -0.950. The lowest BCUT2D eigenvalue weighted by molar-refractivity contribution is -0.145. The molecule has 0 aliphatic rings. The fourth-order valence-electron chi connectivity index (χ4n) is 1.22. The van der Waals surface area contributed by atoms with Gasteiger partial charge in [-0.25, -0.2) is 4.72 Å². The van der Waals surface area contributed by atoms with Gasteiger partial charge in [-0.15, -0.1) is 0 Å². The SMILES string of the molecule is COC(=O)[C@@H](NSC(=O)c1ccccc1)[C@@H](C)O. The molecule has 2 N–H and O–H groups in total. The predicted octanol–water partition coefficient (Wildman–Crippen LogP) is 0.987. The standard InChI is InChI=1S/C12H15NO4S/c1-8(14)10(11(15)17-2)13-18-12(16)9-6-4-3-5-7-9/h3-8,10,13-14H,1-2H3/t8-,10+/m1/s1. The van der Waals surface area contributed by atoms with Crippen LogP contribution in [0.4, 0.5) is 0 Å². The molecule has 98 valence electrons. The number of methoxy groups -OCH3 is 1. The van der Waals surface area contributed by atoms with Crippen molar-refractivity contribution < 1.29 is 19.4 Å². The summed E-state index contributed by atoms with van der Waals surface area (Å²) in [5.74, 6) is -0.613. The number of aliphatic hydroxyl groups is 1. The quantitative estimate of drug-likeness (QED) is 0.613. The van der Waals surface area contributed by atoms with Crippen LogP contribution in [0.2, 0.25) is 0 Å². The molecule has 2 atom stereocenters. The fraction of sp³-hybridized carbons (Fsp3) is 0.333. The van der Waals surface area contributed by atoms with Crippen LogP contribution < -0.4 is 4.72 Å². The van der Waals surface area contributed by atoms with Gasteiger partial charge in [0.1, 0.15) is 6.04 Å². The van der Waals surface area contributed by atoms with E-state index in [1.807, 2.05) is 6.07 Å². The lowest BCUT2D eigenvalue weighted by Crippen LogP contribution is -2.42. The van der Waals surface area contributed by atoms with E-state index in [0.717, 1.165) is 11.9 Å². The van der Waals surface area contributed by atoms with Gasteiger partial charge in [-0.3, -0.25) is 9.59 Å². The minimum absolute atomic E-state index is 0.231. The summed E-state index contributed by atoms with van der Waals surface area (Å²) in [6, 6.07) is 7.72. The highest BCUT2D eigenvalue weighted by Crippen LogP contribution is 2.11. The zero-order valence-electron chi connectivity index (χ0n) is 10.1. The number of esters is 1. The van der Waals surface area contributed by atoms with Crippen molar-refractivity contribution in [3.8, 4) is 0 Å². The summed E-state index contributed by atoms with van der Waals surface area (Å²) in [5.41, 5.74) is 0.518. The van der Waals surface area contributed by atoms with Gasteiger partial charge in [0.05, 0.1) is 13.2 Å². The van der Waals surface area contributed by atoms with E-state index in [-0.39, 0.29) is 5.12 Å². The summed E-state index contributed by atoms with van der Waals surface area (Å²) in [7, 11) is 1.23. The van der Waals surface area contributed by atoms with Crippen molar-refractivity contribution in [2.75, 3.05) is 7.11 Å². The smallest absolute Gasteiger partial charge is 0.326 e.